The molecular formula is C37H70NaO10P. The molecule has 2 N–H and O–H groups in total. The van der Waals surface area contributed by atoms with Crippen LogP contribution in [0.2, 0.25) is 0 Å². The SMILES string of the molecule is [2H]C([2H])(OC(=O)CCCCCCCCCCCCCCCC)[C@@]([2H])(OC(=O)CCCCCCC/C=C\CCCC)C([2H])([2H])OP(=O)([O-])OCC(O)CO.[Na+]. The van der Waals surface area contributed by atoms with Gasteiger partial charge in [-0.25, -0.2) is 0 Å². The molecule has 0 heterocycles. The number of rotatable bonds is 36. The number of esters is 2. The smallest absolute Gasteiger partial charge is 0.756 e. The van der Waals surface area contributed by atoms with Crippen molar-refractivity contribution in [3.8, 4) is 0 Å². The molecule has 0 bridgehead atoms. The predicted octanol–water partition coefficient (Wildman–Crippen LogP) is 5.65. The Morgan fingerprint density at radius 2 is 1.16 bits per heavy atom. The normalized spacial score (nSPS) is 16.6. The summed E-state index contributed by atoms with van der Waals surface area (Å²) in [5, 5.41) is 18.3. The summed E-state index contributed by atoms with van der Waals surface area (Å²) in [4.78, 5) is 37.9. The molecule has 0 spiro atoms. The minimum Gasteiger partial charge on any atom is -0.756 e. The second-order valence-corrected chi connectivity index (χ2v) is 13.8. The second kappa shape index (κ2) is 37.5. The van der Waals surface area contributed by atoms with Crippen LogP contribution in [0.5, 0.6) is 0 Å². The Labute approximate surface area is 327 Å². The van der Waals surface area contributed by atoms with Gasteiger partial charge < -0.3 is 33.6 Å². The molecule has 284 valence electrons. The monoisotopic (exact) mass is 733 g/mol. The number of hydrogen-bond donors (Lipinski definition) is 2. The first-order valence-electron chi connectivity index (χ1n) is 21.1. The van der Waals surface area contributed by atoms with E-state index in [2.05, 4.69) is 35.0 Å². The minimum absolute atomic E-state index is 0. The number of aliphatic hydroxyl groups excluding tert-OH is 2. The third-order valence-corrected chi connectivity index (χ3v) is 8.52. The quantitative estimate of drug-likeness (QED) is 0.0272. The van der Waals surface area contributed by atoms with Gasteiger partial charge in [0.15, 0.2) is 6.08 Å². The topological polar surface area (TPSA) is 152 Å². The van der Waals surface area contributed by atoms with Crippen LogP contribution in [0.25, 0.3) is 0 Å². The van der Waals surface area contributed by atoms with E-state index in [4.69, 9.17) is 21.4 Å². The van der Waals surface area contributed by atoms with Gasteiger partial charge in [0.1, 0.15) is 12.7 Å². The van der Waals surface area contributed by atoms with Gasteiger partial charge in [0.25, 0.3) is 7.82 Å². The maximum Gasteiger partial charge on any atom is 1.00 e. The largest absolute Gasteiger partial charge is 1.00 e. The number of allylic oxidation sites excluding steroid dienone is 2. The molecule has 0 aliphatic heterocycles. The van der Waals surface area contributed by atoms with E-state index >= 15 is 0 Å². The summed E-state index contributed by atoms with van der Waals surface area (Å²) in [6, 6.07) is 0. The fourth-order valence-electron chi connectivity index (χ4n) is 4.82. The molecule has 10 nitrogen and oxygen atoms in total. The van der Waals surface area contributed by atoms with Crippen molar-refractivity contribution in [2.75, 3.05) is 26.3 Å². The van der Waals surface area contributed by atoms with Crippen LogP contribution in [-0.2, 0) is 32.7 Å². The van der Waals surface area contributed by atoms with Gasteiger partial charge in [-0.1, -0.05) is 142 Å². The molecule has 0 aliphatic rings. The van der Waals surface area contributed by atoms with Crippen LogP contribution < -0.4 is 34.5 Å². The van der Waals surface area contributed by atoms with Crippen LogP contribution in [0.1, 0.15) is 181 Å². The van der Waals surface area contributed by atoms with Crippen LogP contribution in [0.4, 0.5) is 0 Å². The van der Waals surface area contributed by atoms with Crippen LogP contribution in [0.3, 0.4) is 0 Å². The fourth-order valence-corrected chi connectivity index (χ4v) is 5.42. The van der Waals surface area contributed by atoms with Crippen LogP contribution >= 0.6 is 7.82 Å². The number of phosphoric acid groups is 1. The van der Waals surface area contributed by atoms with Gasteiger partial charge >= 0.3 is 41.5 Å². The predicted molar refractivity (Wildman–Crippen MR) is 189 cm³/mol. The molecular weight excluding hydrogens is 658 g/mol. The number of aliphatic hydroxyl groups is 2. The zero-order valence-corrected chi connectivity index (χ0v) is 33.8. The zero-order valence-electron chi connectivity index (χ0n) is 35.9. The van der Waals surface area contributed by atoms with Crippen molar-refractivity contribution in [3.05, 3.63) is 12.2 Å². The van der Waals surface area contributed by atoms with Crippen molar-refractivity contribution in [1.82, 2.24) is 0 Å². The first kappa shape index (κ1) is 41.5. The second-order valence-electron chi connectivity index (χ2n) is 12.4. The number of phosphoric ester groups is 1. The van der Waals surface area contributed by atoms with Gasteiger partial charge in [0, 0.05) is 12.8 Å². The summed E-state index contributed by atoms with van der Waals surface area (Å²) < 4.78 is 72.6. The zero-order chi connectivity index (χ0) is 40.1. The van der Waals surface area contributed by atoms with Crippen molar-refractivity contribution >= 4 is 19.8 Å². The third-order valence-electron chi connectivity index (χ3n) is 7.74. The number of carbonyl (C=O) groups is 2. The van der Waals surface area contributed by atoms with E-state index in [0.29, 0.717) is 19.3 Å². The molecule has 0 aromatic carbocycles. The van der Waals surface area contributed by atoms with E-state index in [9.17, 15) is 24.2 Å². The molecule has 0 aromatic heterocycles. The maximum absolute atomic E-state index is 12.8. The molecule has 12 heteroatoms. The van der Waals surface area contributed by atoms with Crippen molar-refractivity contribution in [3.63, 3.8) is 0 Å². The Morgan fingerprint density at radius 1 is 0.714 bits per heavy atom. The molecule has 0 amide bonds. The Kier molecular flexibility index (Phi) is 31.7. The summed E-state index contributed by atoms with van der Waals surface area (Å²) in [6.45, 7) is -5.26. The molecule has 0 rings (SSSR count). The number of carbonyl (C=O) groups excluding carboxylic acids is 2. The molecule has 3 atom stereocenters. The van der Waals surface area contributed by atoms with Gasteiger partial charge in [0.2, 0.25) is 0 Å². The van der Waals surface area contributed by atoms with E-state index in [1.807, 2.05) is 0 Å². The summed E-state index contributed by atoms with van der Waals surface area (Å²) in [6.07, 6.45) is 21.3. The number of ether oxygens (including phenoxy) is 2. The van der Waals surface area contributed by atoms with Gasteiger partial charge in [-0.3, -0.25) is 14.2 Å². The molecule has 0 saturated carbocycles. The molecule has 2 unspecified atom stereocenters. The summed E-state index contributed by atoms with van der Waals surface area (Å²) in [7, 11) is -5.74. The average molecular weight is 734 g/mol. The van der Waals surface area contributed by atoms with Crippen LogP contribution in [0.15, 0.2) is 12.2 Å². The molecule has 0 radical (unpaired) electrons. The van der Waals surface area contributed by atoms with Gasteiger partial charge in [-0.05, 0) is 32.1 Å². The Hall–Kier alpha value is -0.290. The van der Waals surface area contributed by atoms with E-state index in [1.165, 1.54) is 51.4 Å². The molecule has 0 saturated heterocycles. The van der Waals surface area contributed by atoms with E-state index in [-0.39, 0.29) is 48.8 Å². The van der Waals surface area contributed by atoms with Gasteiger partial charge in [-0.2, -0.15) is 0 Å². The fraction of sp³-hybridized carbons (Fsp3) is 0.892. The van der Waals surface area contributed by atoms with E-state index in [1.54, 1.807) is 0 Å². The van der Waals surface area contributed by atoms with E-state index < -0.39 is 58.3 Å². The van der Waals surface area contributed by atoms with Gasteiger partial charge in [0.05, 0.1) is 26.6 Å². The summed E-state index contributed by atoms with van der Waals surface area (Å²) >= 11 is 0. The molecule has 0 fully saturated rings. The third kappa shape index (κ3) is 37.3. The van der Waals surface area contributed by atoms with Crippen LogP contribution in [-0.4, -0.2) is 60.7 Å². The first-order valence-corrected chi connectivity index (χ1v) is 20.1. The average Bonchev–Trinajstić information content (AvgIpc) is 3.08. The van der Waals surface area contributed by atoms with Crippen molar-refractivity contribution in [2.24, 2.45) is 0 Å². The Bertz CT molecular complexity index is 1040. The number of unbranched alkanes of at least 4 members (excludes halogenated alkanes) is 20. The number of hydrogen-bond acceptors (Lipinski definition) is 10. The van der Waals surface area contributed by atoms with Crippen molar-refractivity contribution in [1.29, 1.82) is 0 Å². The van der Waals surface area contributed by atoms with Crippen LogP contribution in [0, 0.1) is 0 Å². The Morgan fingerprint density at radius 3 is 1.67 bits per heavy atom. The van der Waals surface area contributed by atoms with E-state index in [0.717, 1.165) is 70.6 Å². The van der Waals surface area contributed by atoms with Crippen molar-refractivity contribution in [2.45, 2.75) is 187 Å². The van der Waals surface area contributed by atoms with Crippen molar-refractivity contribution < 1.29 is 84.2 Å². The minimum atomic E-state index is -5.74. The molecule has 0 aliphatic carbocycles. The maximum atomic E-state index is 12.8. The summed E-state index contributed by atoms with van der Waals surface area (Å²) in [5.74, 6) is -2.36. The first-order chi connectivity index (χ1) is 25.1. The summed E-state index contributed by atoms with van der Waals surface area (Å²) in [5.41, 5.74) is 0. The van der Waals surface area contributed by atoms with Gasteiger partial charge in [-0.15, -0.1) is 0 Å². The standard InChI is InChI=1S/C37H71O10P.Na/c1-3-5-7-9-11-13-15-16-17-19-20-22-24-26-28-36(40)44-32-35(33-46-48(42,43)45-31-34(39)30-38)47-37(41)29-27-25-23-21-18-14-12-10-8-6-4-2;/h10,12,34-35,38-39H,3-9,11,13-33H2,1-2H3,(H,42,43);/q;+1/p-1/b12-10-;/t34?,35-;/m1./s1/i32D2,33D2,35D;. The molecule has 0 aromatic rings. The molecule has 49 heavy (non-hydrogen) atoms. The Balaban J connectivity index is 0.